The average Bonchev–Trinajstić information content (AvgIpc) is 2.26. The van der Waals surface area contributed by atoms with Gasteiger partial charge in [-0.25, -0.2) is 8.78 Å². The first-order chi connectivity index (χ1) is 7.51. The lowest BCUT2D eigenvalue weighted by Crippen LogP contribution is -2.02. The molecule has 16 heavy (non-hydrogen) atoms. The Kier molecular flexibility index (Phi) is 3.73. The van der Waals surface area contributed by atoms with Gasteiger partial charge in [0, 0.05) is 11.1 Å². The average molecular weight is 223 g/mol. The lowest BCUT2D eigenvalue weighted by molar-refractivity contribution is 0.101. The third kappa shape index (κ3) is 2.25. The van der Waals surface area contributed by atoms with E-state index in [4.69, 9.17) is 5.26 Å². The van der Waals surface area contributed by atoms with E-state index >= 15 is 0 Å². The second-order valence-corrected chi connectivity index (χ2v) is 3.41. The van der Waals surface area contributed by atoms with Gasteiger partial charge >= 0.3 is 0 Å². The molecular weight excluding hydrogens is 212 g/mol. The Morgan fingerprint density at radius 1 is 1.50 bits per heavy atom. The maximum atomic E-state index is 12.8. The molecule has 0 aliphatic rings. The number of hydrogen-bond donors (Lipinski definition) is 0. The molecule has 0 saturated carbocycles. The van der Waals surface area contributed by atoms with Crippen LogP contribution < -0.4 is 0 Å². The summed E-state index contributed by atoms with van der Waals surface area (Å²) in [5.74, 6) is -0.318. The number of benzene rings is 1. The molecule has 1 rings (SSSR count). The summed E-state index contributed by atoms with van der Waals surface area (Å²) in [5.41, 5.74) is 0.420. The Morgan fingerprint density at radius 3 is 2.50 bits per heavy atom. The molecule has 84 valence electrons. The summed E-state index contributed by atoms with van der Waals surface area (Å²) < 4.78 is 25.5. The number of alkyl halides is 2. The molecule has 0 atom stereocenters. The summed E-state index contributed by atoms with van der Waals surface area (Å²) in [5, 5.41) is 8.86. The van der Waals surface area contributed by atoms with Crippen LogP contribution in [0, 0.1) is 11.3 Å². The van der Waals surface area contributed by atoms with Crippen molar-refractivity contribution in [3.8, 4) is 6.07 Å². The minimum absolute atomic E-state index is 0.157. The van der Waals surface area contributed by atoms with Gasteiger partial charge in [0.2, 0.25) is 0 Å². The Morgan fingerprint density at radius 2 is 2.12 bits per heavy atom. The van der Waals surface area contributed by atoms with Gasteiger partial charge in [-0.2, -0.15) is 5.26 Å². The number of halogens is 2. The van der Waals surface area contributed by atoms with E-state index in [-0.39, 0.29) is 22.5 Å². The summed E-state index contributed by atoms with van der Waals surface area (Å²) in [6, 6.07) is 4.39. The number of nitrogens with zero attached hydrogens (tertiary/aromatic N) is 1. The molecular formula is C12H11F2NO. The largest absolute Gasteiger partial charge is 0.295 e. The number of carbonyl (C=O) groups is 1. The monoisotopic (exact) mass is 223 g/mol. The Hall–Kier alpha value is -1.76. The van der Waals surface area contributed by atoms with Gasteiger partial charge in [-0.1, -0.05) is 6.92 Å². The van der Waals surface area contributed by atoms with E-state index in [1.165, 1.54) is 19.1 Å². The molecule has 0 spiro atoms. The molecule has 0 heterocycles. The van der Waals surface area contributed by atoms with Gasteiger partial charge in [0.15, 0.2) is 5.78 Å². The van der Waals surface area contributed by atoms with Crippen LogP contribution in [-0.4, -0.2) is 5.78 Å². The molecule has 0 aliphatic heterocycles. The highest BCUT2D eigenvalue weighted by molar-refractivity contribution is 5.94. The van der Waals surface area contributed by atoms with Gasteiger partial charge in [0.05, 0.1) is 11.6 Å². The first kappa shape index (κ1) is 12.3. The fourth-order valence-corrected chi connectivity index (χ4v) is 1.59. The van der Waals surface area contributed by atoms with Gasteiger partial charge in [0.1, 0.15) is 0 Å². The van der Waals surface area contributed by atoms with Gasteiger partial charge in [0.25, 0.3) is 6.43 Å². The van der Waals surface area contributed by atoms with Crippen molar-refractivity contribution in [1.29, 1.82) is 5.26 Å². The highest BCUT2D eigenvalue weighted by Crippen LogP contribution is 2.27. The van der Waals surface area contributed by atoms with Gasteiger partial charge < -0.3 is 0 Å². The van der Waals surface area contributed by atoms with Crippen molar-refractivity contribution in [2.24, 2.45) is 0 Å². The SMILES string of the molecule is CCc1c(C#N)cc(C(C)=O)cc1C(F)F. The molecule has 0 amide bonds. The Labute approximate surface area is 92.5 Å². The number of hydrogen-bond acceptors (Lipinski definition) is 2. The topological polar surface area (TPSA) is 40.9 Å². The molecule has 0 radical (unpaired) electrons. The molecule has 2 nitrogen and oxygen atoms in total. The molecule has 0 N–H and O–H groups in total. The van der Waals surface area contributed by atoms with Gasteiger partial charge in [-0.05, 0) is 31.0 Å². The van der Waals surface area contributed by atoms with Crippen molar-refractivity contribution in [1.82, 2.24) is 0 Å². The molecule has 0 aromatic heterocycles. The van der Waals surface area contributed by atoms with Crippen LogP contribution in [0.2, 0.25) is 0 Å². The molecule has 0 unspecified atom stereocenters. The second-order valence-electron chi connectivity index (χ2n) is 3.41. The van der Waals surface area contributed by atoms with Crippen LogP contribution in [0.3, 0.4) is 0 Å². The maximum Gasteiger partial charge on any atom is 0.264 e. The van der Waals surface area contributed by atoms with Gasteiger partial charge in [-0.3, -0.25) is 4.79 Å². The maximum absolute atomic E-state index is 12.8. The highest BCUT2D eigenvalue weighted by Gasteiger charge is 2.17. The van der Waals surface area contributed by atoms with Crippen molar-refractivity contribution < 1.29 is 13.6 Å². The van der Waals surface area contributed by atoms with E-state index < -0.39 is 6.43 Å². The number of nitriles is 1. The minimum Gasteiger partial charge on any atom is -0.295 e. The first-order valence-electron chi connectivity index (χ1n) is 4.87. The zero-order chi connectivity index (χ0) is 12.3. The van der Waals surface area contributed by atoms with E-state index in [1.54, 1.807) is 6.92 Å². The lowest BCUT2D eigenvalue weighted by atomic mass is 9.95. The summed E-state index contributed by atoms with van der Waals surface area (Å²) in [4.78, 5) is 11.1. The summed E-state index contributed by atoms with van der Waals surface area (Å²) in [7, 11) is 0. The van der Waals surface area contributed by atoms with E-state index in [1.807, 2.05) is 6.07 Å². The molecule has 0 fully saturated rings. The number of carbonyl (C=O) groups excluding carboxylic acids is 1. The fraction of sp³-hybridized carbons (Fsp3) is 0.333. The number of Topliss-reactive ketones (excluding diaryl/α,β-unsaturated/α-hetero) is 1. The summed E-state index contributed by atoms with van der Waals surface area (Å²) in [6.07, 6.45) is -2.32. The predicted molar refractivity (Wildman–Crippen MR) is 55.5 cm³/mol. The van der Waals surface area contributed by atoms with Crippen molar-refractivity contribution in [3.63, 3.8) is 0 Å². The van der Waals surface area contributed by atoms with Crippen LogP contribution in [0.4, 0.5) is 8.78 Å². The third-order valence-electron chi connectivity index (χ3n) is 2.40. The normalized spacial score (nSPS) is 10.2. The Balaban J connectivity index is 3.51. The van der Waals surface area contributed by atoms with Crippen molar-refractivity contribution in [2.45, 2.75) is 26.7 Å². The van der Waals surface area contributed by atoms with E-state index in [2.05, 4.69) is 0 Å². The van der Waals surface area contributed by atoms with Crippen LogP contribution in [-0.2, 0) is 6.42 Å². The number of ketones is 1. The van der Waals surface area contributed by atoms with Crippen molar-refractivity contribution >= 4 is 5.78 Å². The van der Waals surface area contributed by atoms with Crippen LogP contribution in [0.5, 0.6) is 0 Å². The Bertz CT molecular complexity index is 461. The van der Waals surface area contributed by atoms with E-state index in [9.17, 15) is 13.6 Å². The smallest absolute Gasteiger partial charge is 0.264 e. The fourth-order valence-electron chi connectivity index (χ4n) is 1.59. The second kappa shape index (κ2) is 4.84. The molecule has 0 saturated heterocycles. The zero-order valence-electron chi connectivity index (χ0n) is 9.05. The first-order valence-corrected chi connectivity index (χ1v) is 4.87. The molecule has 1 aromatic carbocycles. The van der Waals surface area contributed by atoms with Gasteiger partial charge in [-0.15, -0.1) is 0 Å². The van der Waals surface area contributed by atoms with Crippen LogP contribution in [0.25, 0.3) is 0 Å². The lowest BCUT2D eigenvalue weighted by Gasteiger charge is -2.10. The van der Waals surface area contributed by atoms with Crippen LogP contribution in [0.1, 0.15) is 47.3 Å². The van der Waals surface area contributed by atoms with Crippen molar-refractivity contribution in [3.05, 3.63) is 34.4 Å². The van der Waals surface area contributed by atoms with E-state index in [0.29, 0.717) is 12.0 Å². The quantitative estimate of drug-likeness (QED) is 0.738. The summed E-state index contributed by atoms with van der Waals surface area (Å²) in [6.45, 7) is 2.99. The molecule has 0 bridgehead atoms. The standard InChI is InChI=1S/C12H11F2NO/c1-3-10-9(6-15)4-8(7(2)16)5-11(10)12(13)14/h4-5,12H,3H2,1-2H3. The zero-order valence-corrected chi connectivity index (χ0v) is 9.05. The predicted octanol–water partition coefficient (Wildman–Crippen LogP) is 3.26. The minimum atomic E-state index is -2.67. The highest BCUT2D eigenvalue weighted by atomic mass is 19.3. The van der Waals surface area contributed by atoms with Crippen LogP contribution in [0.15, 0.2) is 12.1 Å². The van der Waals surface area contributed by atoms with Crippen LogP contribution >= 0.6 is 0 Å². The summed E-state index contributed by atoms with van der Waals surface area (Å²) >= 11 is 0. The van der Waals surface area contributed by atoms with E-state index in [0.717, 1.165) is 0 Å². The van der Waals surface area contributed by atoms with Crippen molar-refractivity contribution in [2.75, 3.05) is 0 Å². The molecule has 0 aliphatic carbocycles. The molecule has 1 aromatic rings. The third-order valence-corrected chi connectivity index (χ3v) is 2.40. The molecule has 4 heteroatoms. The number of rotatable bonds is 3.